The van der Waals surface area contributed by atoms with Gasteiger partial charge in [-0.1, -0.05) is 0 Å². The second-order valence-electron chi connectivity index (χ2n) is 7.84. The van der Waals surface area contributed by atoms with Gasteiger partial charge in [0.1, 0.15) is 18.1 Å². The molecule has 0 bridgehead atoms. The van der Waals surface area contributed by atoms with Crippen molar-refractivity contribution in [3.05, 3.63) is 36.3 Å². The van der Waals surface area contributed by atoms with Crippen molar-refractivity contribution in [3.63, 3.8) is 0 Å². The molecule has 0 saturated heterocycles. The Morgan fingerprint density at radius 1 is 1.33 bits per heavy atom. The first-order valence-electron chi connectivity index (χ1n) is 9.67. The summed E-state index contributed by atoms with van der Waals surface area (Å²) in [6, 6.07) is 3.68. The molecule has 0 atom stereocenters. The zero-order valence-corrected chi connectivity index (χ0v) is 16.7. The van der Waals surface area contributed by atoms with Crippen LogP contribution in [0, 0.1) is 0 Å². The minimum absolute atomic E-state index is 0.260. The summed E-state index contributed by atoms with van der Waals surface area (Å²) in [5.41, 5.74) is 2.55. The predicted molar refractivity (Wildman–Crippen MR) is 109 cm³/mol. The van der Waals surface area contributed by atoms with Crippen LogP contribution in [-0.2, 0) is 13.0 Å². The molecule has 30 heavy (non-hydrogen) atoms. The van der Waals surface area contributed by atoms with E-state index in [1.54, 1.807) is 38.5 Å². The largest absolute Gasteiger partial charge is 0.389 e. The van der Waals surface area contributed by atoms with E-state index in [4.69, 9.17) is 0 Å². The molecule has 0 fully saturated rings. The van der Waals surface area contributed by atoms with Gasteiger partial charge in [0.05, 0.1) is 11.3 Å². The number of hydrogen-bond donors (Lipinski definition) is 3. The molecule has 8 nitrogen and oxygen atoms in total. The molecular formula is C20H23F2N7O. The Bertz CT molecular complexity index is 1050. The van der Waals surface area contributed by atoms with Crippen molar-refractivity contribution in [3.8, 4) is 22.5 Å². The number of halogens is 2. The van der Waals surface area contributed by atoms with Crippen molar-refractivity contribution < 1.29 is 13.9 Å². The van der Waals surface area contributed by atoms with Gasteiger partial charge < -0.3 is 15.7 Å². The monoisotopic (exact) mass is 415 g/mol. The zero-order valence-electron chi connectivity index (χ0n) is 16.7. The molecule has 3 aromatic heterocycles. The molecule has 0 spiro atoms. The normalized spacial score (nSPS) is 13.4. The third-order valence-corrected chi connectivity index (χ3v) is 4.62. The van der Waals surface area contributed by atoms with E-state index in [0.29, 0.717) is 22.9 Å². The van der Waals surface area contributed by atoms with E-state index in [0.717, 1.165) is 29.9 Å². The van der Waals surface area contributed by atoms with Crippen LogP contribution in [0.3, 0.4) is 0 Å². The maximum atomic E-state index is 13.0. The van der Waals surface area contributed by atoms with Crippen LogP contribution >= 0.6 is 0 Å². The molecule has 4 heterocycles. The van der Waals surface area contributed by atoms with Crippen LogP contribution in [0.1, 0.15) is 19.4 Å². The van der Waals surface area contributed by atoms with Crippen LogP contribution in [0.5, 0.6) is 0 Å². The standard InChI is InChI=1S/C20H23F2N7O/c1-20(2,30)11-26-19-24-6-4-15(27-19)14-9-29(10-16(21)22)28-17(14)13-7-12-3-5-23-18(12)25-8-13/h4,6-9,16,30H,3,5,10-11H2,1-2H3,(H,23,25)(H,24,26,27). The number of aliphatic hydroxyl groups is 1. The summed E-state index contributed by atoms with van der Waals surface area (Å²) in [5.74, 6) is 1.17. The highest BCUT2D eigenvalue weighted by Crippen LogP contribution is 2.32. The summed E-state index contributed by atoms with van der Waals surface area (Å²) in [7, 11) is 0. The number of rotatable bonds is 7. The average molecular weight is 415 g/mol. The van der Waals surface area contributed by atoms with Gasteiger partial charge in [-0.2, -0.15) is 5.10 Å². The zero-order chi connectivity index (χ0) is 21.3. The van der Waals surface area contributed by atoms with E-state index < -0.39 is 18.6 Å². The lowest BCUT2D eigenvalue weighted by molar-refractivity contribution is 0.0943. The summed E-state index contributed by atoms with van der Waals surface area (Å²) >= 11 is 0. The Hall–Kier alpha value is -3.14. The first-order chi connectivity index (χ1) is 14.3. The van der Waals surface area contributed by atoms with Gasteiger partial charge in [-0.25, -0.2) is 23.7 Å². The Kier molecular flexibility index (Phi) is 5.33. The van der Waals surface area contributed by atoms with E-state index in [9.17, 15) is 13.9 Å². The third-order valence-electron chi connectivity index (χ3n) is 4.62. The minimum Gasteiger partial charge on any atom is -0.389 e. The van der Waals surface area contributed by atoms with Crippen molar-refractivity contribution in [1.29, 1.82) is 0 Å². The topological polar surface area (TPSA) is 101 Å². The second kappa shape index (κ2) is 7.94. The molecule has 10 heteroatoms. The van der Waals surface area contributed by atoms with Gasteiger partial charge in [-0.15, -0.1) is 0 Å². The van der Waals surface area contributed by atoms with Gasteiger partial charge in [-0.3, -0.25) is 4.68 Å². The first kappa shape index (κ1) is 20.1. The van der Waals surface area contributed by atoms with Crippen molar-refractivity contribution in [1.82, 2.24) is 24.7 Å². The third kappa shape index (κ3) is 4.54. The molecule has 0 saturated carbocycles. The number of nitrogens with one attached hydrogen (secondary N) is 2. The Labute approximate surface area is 172 Å². The van der Waals surface area contributed by atoms with Crippen LogP contribution in [-0.4, -0.2) is 55.0 Å². The van der Waals surface area contributed by atoms with Gasteiger partial charge in [0.2, 0.25) is 5.95 Å². The number of fused-ring (bicyclic) bond motifs is 1. The van der Waals surface area contributed by atoms with Gasteiger partial charge in [0, 0.05) is 42.8 Å². The highest BCUT2D eigenvalue weighted by Gasteiger charge is 2.20. The second-order valence-corrected chi connectivity index (χ2v) is 7.84. The molecule has 0 aliphatic carbocycles. The first-order valence-corrected chi connectivity index (χ1v) is 9.67. The number of aromatic nitrogens is 5. The van der Waals surface area contributed by atoms with Crippen molar-refractivity contribution in [2.45, 2.75) is 38.8 Å². The molecule has 0 aromatic carbocycles. The number of nitrogens with zero attached hydrogens (tertiary/aromatic N) is 5. The molecular weight excluding hydrogens is 392 g/mol. The summed E-state index contributed by atoms with van der Waals surface area (Å²) in [6.45, 7) is 3.91. The molecule has 4 rings (SSSR count). The van der Waals surface area contributed by atoms with Gasteiger partial charge in [0.15, 0.2) is 0 Å². The van der Waals surface area contributed by atoms with Crippen LogP contribution in [0.15, 0.2) is 30.7 Å². The molecule has 3 N–H and O–H groups in total. The average Bonchev–Trinajstić information content (AvgIpc) is 3.32. The lowest BCUT2D eigenvalue weighted by Crippen LogP contribution is -2.29. The molecule has 158 valence electrons. The van der Waals surface area contributed by atoms with Crippen LogP contribution in [0.4, 0.5) is 20.5 Å². The van der Waals surface area contributed by atoms with E-state index in [-0.39, 0.29) is 6.54 Å². The fourth-order valence-corrected chi connectivity index (χ4v) is 3.25. The van der Waals surface area contributed by atoms with Crippen molar-refractivity contribution >= 4 is 11.8 Å². The summed E-state index contributed by atoms with van der Waals surface area (Å²) < 4.78 is 27.2. The summed E-state index contributed by atoms with van der Waals surface area (Å²) in [4.78, 5) is 13.1. The summed E-state index contributed by atoms with van der Waals surface area (Å²) in [6.07, 6.45) is 3.15. The smallest absolute Gasteiger partial charge is 0.257 e. The molecule has 1 aliphatic heterocycles. The minimum atomic E-state index is -2.53. The molecule has 0 radical (unpaired) electrons. The summed E-state index contributed by atoms with van der Waals surface area (Å²) in [5, 5.41) is 20.5. The van der Waals surface area contributed by atoms with Crippen molar-refractivity contribution in [2.24, 2.45) is 0 Å². The molecule has 0 unspecified atom stereocenters. The van der Waals surface area contributed by atoms with Crippen LogP contribution in [0.25, 0.3) is 22.5 Å². The SMILES string of the molecule is CC(C)(O)CNc1nccc(-c2cn(CC(F)F)nc2-c2cnc3c(c2)CCN3)n1. The van der Waals surface area contributed by atoms with E-state index in [1.165, 1.54) is 4.68 Å². The number of hydrogen-bond acceptors (Lipinski definition) is 7. The highest BCUT2D eigenvalue weighted by molar-refractivity contribution is 5.79. The number of alkyl halides is 2. The molecule has 0 amide bonds. The van der Waals surface area contributed by atoms with Crippen molar-refractivity contribution in [2.75, 3.05) is 23.7 Å². The Morgan fingerprint density at radius 2 is 2.17 bits per heavy atom. The predicted octanol–water partition coefficient (Wildman–Crippen LogP) is 2.82. The van der Waals surface area contributed by atoms with Gasteiger partial charge >= 0.3 is 0 Å². The number of anilines is 2. The highest BCUT2D eigenvalue weighted by atomic mass is 19.3. The quantitative estimate of drug-likeness (QED) is 0.546. The van der Waals surface area contributed by atoms with Gasteiger partial charge in [-0.05, 0) is 38.0 Å². The maximum Gasteiger partial charge on any atom is 0.257 e. The Morgan fingerprint density at radius 3 is 2.93 bits per heavy atom. The lowest BCUT2D eigenvalue weighted by atomic mass is 10.1. The van der Waals surface area contributed by atoms with Crippen LogP contribution in [0.2, 0.25) is 0 Å². The lowest BCUT2D eigenvalue weighted by Gasteiger charge is -2.17. The fourth-order valence-electron chi connectivity index (χ4n) is 3.25. The van der Waals surface area contributed by atoms with E-state index >= 15 is 0 Å². The van der Waals surface area contributed by atoms with E-state index in [2.05, 4.69) is 30.7 Å². The van der Waals surface area contributed by atoms with Gasteiger partial charge in [0.25, 0.3) is 6.43 Å². The van der Waals surface area contributed by atoms with E-state index in [1.807, 2.05) is 6.07 Å². The van der Waals surface area contributed by atoms with Crippen LogP contribution < -0.4 is 10.6 Å². The Balaban J connectivity index is 1.73. The maximum absolute atomic E-state index is 13.0. The molecule has 1 aliphatic rings. The number of pyridine rings is 1. The molecule has 3 aromatic rings. The fraction of sp³-hybridized carbons (Fsp3) is 0.400.